The highest BCUT2D eigenvalue weighted by molar-refractivity contribution is 6.09. The lowest BCUT2D eigenvalue weighted by Crippen LogP contribution is -2.23. The van der Waals surface area contributed by atoms with Gasteiger partial charge in [-0.05, 0) is 60.7 Å². The molecule has 4 rings (SSSR count). The molecule has 0 atom stereocenters. The second-order valence-electron chi connectivity index (χ2n) is 6.52. The number of rotatable bonds is 6. The molecule has 0 bridgehead atoms. The number of esters is 1. The maximum Gasteiger partial charge on any atom is 0.350 e. The summed E-state index contributed by atoms with van der Waals surface area (Å²) in [6.45, 7) is 0.0838. The van der Waals surface area contributed by atoms with E-state index in [9.17, 15) is 18.8 Å². The van der Waals surface area contributed by atoms with Crippen LogP contribution in [0.25, 0.3) is 5.65 Å². The van der Waals surface area contributed by atoms with Crippen LogP contribution in [-0.2, 0) is 11.3 Å². The molecule has 0 radical (unpaired) electrons. The number of aromatic nitrogens is 3. The molecule has 0 amide bonds. The predicted octanol–water partition coefficient (Wildman–Crippen LogP) is 2.86. The van der Waals surface area contributed by atoms with Crippen LogP contribution >= 0.6 is 0 Å². The molecular formula is C22H16FN3O4. The van der Waals surface area contributed by atoms with Crippen LogP contribution in [0.2, 0.25) is 0 Å². The third kappa shape index (κ3) is 4.02. The van der Waals surface area contributed by atoms with Crippen molar-refractivity contribution in [1.29, 1.82) is 0 Å². The van der Waals surface area contributed by atoms with Crippen LogP contribution in [0.15, 0.2) is 77.7 Å². The van der Waals surface area contributed by atoms with Crippen LogP contribution in [0.4, 0.5) is 4.39 Å². The van der Waals surface area contributed by atoms with E-state index in [2.05, 4.69) is 5.10 Å². The number of fused-ring (bicyclic) bond motifs is 1. The summed E-state index contributed by atoms with van der Waals surface area (Å²) in [5, 5.41) is 4.15. The van der Waals surface area contributed by atoms with Crippen LogP contribution in [0.3, 0.4) is 0 Å². The lowest BCUT2D eigenvalue weighted by Gasteiger charge is -2.06. The maximum absolute atomic E-state index is 13.0. The highest BCUT2D eigenvalue weighted by atomic mass is 19.1. The Hall–Kier alpha value is -4.07. The minimum atomic E-state index is -0.531. The van der Waals surface area contributed by atoms with Gasteiger partial charge in [0.2, 0.25) is 0 Å². The van der Waals surface area contributed by atoms with E-state index < -0.39 is 11.8 Å². The summed E-state index contributed by atoms with van der Waals surface area (Å²) in [4.78, 5) is 36.7. The van der Waals surface area contributed by atoms with E-state index in [0.29, 0.717) is 16.8 Å². The first kappa shape index (κ1) is 19.3. The average Bonchev–Trinajstić information content (AvgIpc) is 3.09. The lowest BCUT2D eigenvalue weighted by atomic mass is 10.0. The van der Waals surface area contributed by atoms with E-state index in [1.165, 1.54) is 57.6 Å². The number of benzene rings is 2. The molecule has 2 heterocycles. The van der Waals surface area contributed by atoms with Crippen molar-refractivity contribution in [2.75, 3.05) is 0 Å². The van der Waals surface area contributed by atoms with Crippen LogP contribution < -0.4 is 10.4 Å². The highest BCUT2D eigenvalue weighted by Crippen LogP contribution is 2.16. The molecule has 0 saturated carbocycles. The minimum absolute atomic E-state index is 0.0416. The van der Waals surface area contributed by atoms with Crippen LogP contribution in [0.5, 0.6) is 5.75 Å². The van der Waals surface area contributed by atoms with Crippen molar-refractivity contribution in [3.63, 3.8) is 0 Å². The average molecular weight is 405 g/mol. The second-order valence-corrected chi connectivity index (χ2v) is 6.52. The molecule has 0 aliphatic heterocycles. The molecule has 4 aromatic rings. The standard InChI is InChI=1S/C22H16FN3O4/c23-17-8-4-15(5-9-17)21(28)16-6-10-18(11-7-16)30-20(27)12-14-26-22(29)25-13-2-1-3-19(25)24-26/h1-11,13H,12,14H2. The van der Waals surface area contributed by atoms with E-state index in [0.717, 1.165) is 0 Å². The molecule has 0 fully saturated rings. The largest absolute Gasteiger partial charge is 0.426 e. The fourth-order valence-electron chi connectivity index (χ4n) is 2.94. The van der Waals surface area contributed by atoms with Gasteiger partial charge in [-0.15, -0.1) is 5.10 Å². The van der Waals surface area contributed by atoms with Crippen LogP contribution in [0, 0.1) is 5.82 Å². The van der Waals surface area contributed by atoms with Gasteiger partial charge in [0.1, 0.15) is 11.6 Å². The molecule has 0 unspecified atom stereocenters. The summed E-state index contributed by atoms with van der Waals surface area (Å²) in [7, 11) is 0. The number of carbonyl (C=O) groups excluding carboxylic acids is 2. The quantitative estimate of drug-likeness (QED) is 0.280. The van der Waals surface area contributed by atoms with Gasteiger partial charge in [0.25, 0.3) is 0 Å². The monoisotopic (exact) mass is 405 g/mol. The Balaban J connectivity index is 1.37. The van der Waals surface area contributed by atoms with E-state index in [1.807, 2.05) is 0 Å². The summed E-state index contributed by atoms with van der Waals surface area (Å²) in [6, 6.07) is 16.5. The molecule has 2 aromatic heterocycles. The Morgan fingerprint density at radius 2 is 1.60 bits per heavy atom. The zero-order chi connectivity index (χ0) is 21.1. The van der Waals surface area contributed by atoms with Crippen molar-refractivity contribution in [2.45, 2.75) is 13.0 Å². The number of halogens is 1. The number of ether oxygens (including phenoxy) is 1. The van der Waals surface area contributed by atoms with Crippen molar-refractivity contribution in [2.24, 2.45) is 0 Å². The second kappa shape index (κ2) is 8.12. The summed E-state index contributed by atoms with van der Waals surface area (Å²) < 4.78 is 20.8. The molecule has 30 heavy (non-hydrogen) atoms. The Bertz CT molecular complexity index is 1270. The minimum Gasteiger partial charge on any atom is -0.426 e. The van der Waals surface area contributed by atoms with Gasteiger partial charge in [-0.3, -0.25) is 14.0 Å². The molecule has 0 aliphatic rings. The van der Waals surface area contributed by atoms with E-state index in [4.69, 9.17) is 4.74 Å². The van der Waals surface area contributed by atoms with Gasteiger partial charge in [0.05, 0.1) is 13.0 Å². The molecule has 150 valence electrons. The molecule has 8 heteroatoms. The number of ketones is 1. The highest BCUT2D eigenvalue weighted by Gasteiger charge is 2.12. The van der Waals surface area contributed by atoms with Gasteiger partial charge in [0.15, 0.2) is 11.4 Å². The fourth-order valence-corrected chi connectivity index (χ4v) is 2.94. The van der Waals surface area contributed by atoms with Crippen molar-refractivity contribution in [1.82, 2.24) is 14.2 Å². The number of hydrogen-bond acceptors (Lipinski definition) is 5. The van der Waals surface area contributed by atoms with E-state index >= 15 is 0 Å². The van der Waals surface area contributed by atoms with E-state index in [-0.39, 0.29) is 30.2 Å². The van der Waals surface area contributed by atoms with Gasteiger partial charge >= 0.3 is 11.7 Å². The third-order valence-electron chi connectivity index (χ3n) is 4.47. The van der Waals surface area contributed by atoms with E-state index in [1.54, 1.807) is 24.4 Å². The lowest BCUT2D eigenvalue weighted by molar-refractivity contribution is -0.134. The van der Waals surface area contributed by atoms with Crippen LogP contribution in [-0.4, -0.2) is 25.9 Å². The Morgan fingerprint density at radius 3 is 2.27 bits per heavy atom. The normalized spacial score (nSPS) is 10.8. The molecular weight excluding hydrogens is 389 g/mol. The smallest absolute Gasteiger partial charge is 0.350 e. The topological polar surface area (TPSA) is 82.7 Å². The van der Waals surface area contributed by atoms with Crippen molar-refractivity contribution >= 4 is 17.4 Å². The number of carbonyl (C=O) groups is 2. The number of pyridine rings is 1. The molecule has 0 spiro atoms. The molecule has 0 N–H and O–H groups in total. The summed E-state index contributed by atoms with van der Waals surface area (Å²) in [5.74, 6) is -0.937. The van der Waals surface area contributed by atoms with Gasteiger partial charge in [-0.25, -0.2) is 13.9 Å². The van der Waals surface area contributed by atoms with Crippen molar-refractivity contribution in [3.8, 4) is 5.75 Å². The van der Waals surface area contributed by atoms with Crippen LogP contribution in [0.1, 0.15) is 22.3 Å². The summed E-state index contributed by atoms with van der Waals surface area (Å²) in [5.41, 5.74) is 0.913. The number of nitrogens with zero attached hydrogens (tertiary/aromatic N) is 3. The first-order chi connectivity index (χ1) is 14.5. The molecule has 7 nitrogen and oxygen atoms in total. The first-order valence-electron chi connectivity index (χ1n) is 9.16. The van der Waals surface area contributed by atoms with Crippen molar-refractivity contribution in [3.05, 3.63) is 100 Å². The van der Waals surface area contributed by atoms with Crippen molar-refractivity contribution < 1.29 is 18.7 Å². The maximum atomic E-state index is 13.0. The van der Waals surface area contributed by atoms with Gasteiger partial charge in [0, 0.05) is 17.3 Å². The zero-order valence-corrected chi connectivity index (χ0v) is 15.7. The summed E-state index contributed by atoms with van der Waals surface area (Å²) in [6.07, 6.45) is 1.56. The first-order valence-corrected chi connectivity index (χ1v) is 9.16. The summed E-state index contributed by atoms with van der Waals surface area (Å²) >= 11 is 0. The number of hydrogen-bond donors (Lipinski definition) is 0. The Kier molecular flexibility index (Phi) is 5.21. The Morgan fingerprint density at radius 1 is 0.933 bits per heavy atom. The van der Waals surface area contributed by atoms with Gasteiger partial charge in [-0.1, -0.05) is 6.07 Å². The zero-order valence-electron chi connectivity index (χ0n) is 15.7. The number of aryl methyl sites for hydroxylation is 1. The van der Waals surface area contributed by atoms with Gasteiger partial charge < -0.3 is 4.74 Å². The third-order valence-corrected chi connectivity index (χ3v) is 4.47. The molecule has 0 saturated heterocycles. The SMILES string of the molecule is O=C(CCn1nc2ccccn2c1=O)Oc1ccc(C(=O)c2ccc(F)cc2)cc1. The molecule has 0 aliphatic carbocycles. The molecule has 2 aromatic carbocycles. The van der Waals surface area contributed by atoms with Gasteiger partial charge in [-0.2, -0.15) is 0 Å². The fraction of sp³-hybridized carbons (Fsp3) is 0.0909. The predicted molar refractivity (Wildman–Crippen MR) is 106 cm³/mol. The Labute approximate surface area is 170 Å².